The molecule has 1 rings (SSSR count). The Morgan fingerprint density at radius 2 is 1.72 bits per heavy atom. The highest BCUT2D eigenvalue weighted by atomic mass is 16.6. The van der Waals surface area contributed by atoms with Crippen molar-refractivity contribution < 1.29 is 14.2 Å². The lowest BCUT2D eigenvalue weighted by Crippen LogP contribution is -2.46. The topological polar surface area (TPSA) is 27.7 Å². The summed E-state index contributed by atoms with van der Waals surface area (Å²) in [6.45, 7) is 13.4. The van der Waals surface area contributed by atoms with E-state index in [0.717, 1.165) is 6.42 Å². The zero-order chi connectivity index (χ0) is 14.0. The third-order valence-corrected chi connectivity index (χ3v) is 2.66. The van der Waals surface area contributed by atoms with Gasteiger partial charge in [-0.25, -0.2) is 0 Å². The summed E-state index contributed by atoms with van der Waals surface area (Å²) in [5.41, 5.74) is -0.347. The van der Waals surface area contributed by atoms with Gasteiger partial charge in [-0.05, 0) is 48.0 Å². The van der Waals surface area contributed by atoms with Gasteiger partial charge in [0.15, 0.2) is 0 Å². The van der Waals surface area contributed by atoms with E-state index in [4.69, 9.17) is 22.1 Å². The first-order valence-electron chi connectivity index (χ1n) is 6.76. The maximum atomic E-state index is 6.04. The third-order valence-electron chi connectivity index (χ3n) is 2.66. The van der Waals surface area contributed by atoms with E-state index in [-0.39, 0.29) is 29.2 Å². The standard InChI is InChI=1S/C14H27BO3/c1-13(2,3)17-9-12-11(18-14(4,5)6)7-10(15)8-16-12/h10-12H,7-9H2,1-6H3/t10-,11-,12+/m0/s1. The Labute approximate surface area is 113 Å². The Balaban J connectivity index is 2.56. The molecule has 0 aromatic carbocycles. The zero-order valence-electron chi connectivity index (χ0n) is 12.7. The number of ether oxygens (including phenoxy) is 3. The van der Waals surface area contributed by atoms with Crippen LogP contribution in [0.15, 0.2) is 0 Å². The first-order valence-corrected chi connectivity index (χ1v) is 6.76. The van der Waals surface area contributed by atoms with Gasteiger partial charge in [0.1, 0.15) is 6.10 Å². The molecule has 0 aliphatic carbocycles. The fourth-order valence-corrected chi connectivity index (χ4v) is 1.94. The molecule has 0 saturated carbocycles. The summed E-state index contributed by atoms with van der Waals surface area (Å²) in [6, 6.07) is 0. The lowest BCUT2D eigenvalue weighted by atomic mass is 9.80. The highest BCUT2D eigenvalue weighted by Gasteiger charge is 2.33. The van der Waals surface area contributed by atoms with Crippen LogP contribution in [0.5, 0.6) is 0 Å². The molecule has 3 nitrogen and oxygen atoms in total. The van der Waals surface area contributed by atoms with Crippen LogP contribution >= 0.6 is 0 Å². The van der Waals surface area contributed by atoms with Crippen molar-refractivity contribution in [2.45, 2.75) is 77.2 Å². The molecule has 0 unspecified atom stereocenters. The van der Waals surface area contributed by atoms with Crippen LogP contribution in [0.4, 0.5) is 0 Å². The van der Waals surface area contributed by atoms with Crippen LogP contribution in [0, 0.1) is 0 Å². The summed E-state index contributed by atoms with van der Waals surface area (Å²) in [5.74, 6) is 0.0586. The number of rotatable bonds is 3. The lowest BCUT2D eigenvalue weighted by molar-refractivity contribution is -0.179. The number of hydrogen-bond donors (Lipinski definition) is 0. The molecule has 104 valence electrons. The van der Waals surface area contributed by atoms with Gasteiger partial charge in [-0.15, -0.1) is 0 Å². The minimum Gasteiger partial charge on any atom is -0.374 e. The summed E-state index contributed by atoms with van der Waals surface area (Å²) < 4.78 is 17.6. The zero-order valence-corrected chi connectivity index (χ0v) is 12.7. The molecule has 0 bridgehead atoms. The molecule has 0 N–H and O–H groups in total. The van der Waals surface area contributed by atoms with Gasteiger partial charge < -0.3 is 14.2 Å². The molecule has 1 heterocycles. The normalized spacial score (nSPS) is 30.4. The van der Waals surface area contributed by atoms with Crippen molar-refractivity contribution in [3.05, 3.63) is 0 Å². The van der Waals surface area contributed by atoms with Crippen molar-refractivity contribution in [1.82, 2.24) is 0 Å². The molecule has 2 radical (unpaired) electrons. The molecule has 1 aliphatic rings. The molecule has 3 atom stereocenters. The SMILES string of the molecule is [B][C@@H]1CO[C@H](COC(C)(C)C)[C@@H](OC(C)(C)C)C1. The fraction of sp³-hybridized carbons (Fsp3) is 1.00. The maximum Gasteiger partial charge on any atom is 0.107 e. The second-order valence-corrected chi connectivity index (χ2v) is 7.06. The van der Waals surface area contributed by atoms with Crippen molar-refractivity contribution in [3.63, 3.8) is 0 Å². The minimum absolute atomic E-state index is 0.0103. The second kappa shape index (κ2) is 5.93. The first-order chi connectivity index (χ1) is 8.07. The average molecular weight is 254 g/mol. The summed E-state index contributed by atoms with van der Waals surface area (Å²) in [5, 5.41) is 0. The van der Waals surface area contributed by atoms with Crippen molar-refractivity contribution in [1.29, 1.82) is 0 Å². The third kappa shape index (κ3) is 6.21. The molecular weight excluding hydrogens is 227 g/mol. The summed E-state index contributed by atoms with van der Waals surface area (Å²) >= 11 is 0. The Morgan fingerprint density at radius 1 is 1.11 bits per heavy atom. The quantitative estimate of drug-likeness (QED) is 0.725. The van der Waals surface area contributed by atoms with E-state index in [2.05, 4.69) is 20.8 Å². The molecule has 1 aliphatic heterocycles. The Bertz CT molecular complexity index is 255. The second-order valence-electron chi connectivity index (χ2n) is 7.06. The first kappa shape index (κ1) is 16.0. The largest absolute Gasteiger partial charge is 0.374 e. The van der Waals surface area contributed by atoms with Gasteiger partial charge in [-0.1, -0.05) is 5.82 Å². The predicted molar refractivity (Wildman–Crippen MR) is 74.2 cm³/mol. The molecule has 0 amide bonds. The van der Waals surface area contributed by atoms with E-state index in [9.17, 15) is 0 Å². The van der Waals surface area contributed by atoms with E-state index >= 15 is 0 Å². The van der Waals surface area contributed by atoms with Crippen molar-refractivity contribution in [2.75, 3.05) is 13.2 Å². The molecule has 0 aromatic heterocycles. The monoisotopic (exact) mass is 254 g/mol. The van der Waals surface area contributed by atoms with E-state index in [1.807, 2.05) is 20.8 Å². The summed E-state index contributed by atoms with van der Waals surface area (Å²) in [4.78, 5) is 0. The lowest BCUT2D eigenvalue weighted by Gasteiger charge is -2.39. The Kier molecular flexibility index (Phi) is 5.27. The molecule has 4 heteroatoms. The van der Waals surface area contributed by atoms with Crippen LogP contribution in [0.1, 0.15) is 48.0 Å². The molecule has 0 aromatic rings. The van der Waals surface area contributed by atoms with Crippen LogP contribution in [-0.4, -0.2) is 44.5 Å². The van der Waals surface area contributed by atoms with Gasteiger partial charge in [-0.3, -0.25) is 0 Å². The number of hydrogen-bond acceptors (Lipinski definition) is 3. The van der Waals surface area contributed by atoms with Gasteiger partial charge in [0.2, 0.25) is 0 Å². The minimum atomic E-state index is -0.189. The predicted octanol–water partition coefficient (Wildman–Crippen LogP) is 2.73. The fourth-order valence-electron chi connectivity index (χ4n) is 1.94. The van der Waals surface area contributed by atoms with Crippen LogP contribution in [0.2, 0.25) is 5.82 Å². The van der Waals surface area contributed by atoms with Gasteiger partial charge in [0, 0.05) is 6.61 Å². The van der Waals surface area contributed by atoms with Crippen LogP contribution in [0.3, 0.4) is 0 Å². The van der Waals surface area contributed by atoms with Crippen molar-refractivity contribution >= 4 is 7.85 Å². The Morgan fingerprint density at radius 3 is 2.22 bits per heavy atom. The van der Waals surface area contributed by atoms with Crippen molar-refractivity contribution in [3.8, 4) is 0 Å². The van der Waals surface area contributed by atoms with Gasteiger partial charge in [-0.2, -0.15) is 0 Å². The molecular formula is C14H27BO3. The van der Waals surface area contributed by atoms with E-state index in [1.165, 1.54) is 0 Å². The van der Waals surface area contributed by atoms with Gasteiger partial charge in [0.25, 0.3) is 0 Å². The van der Waals surface area contributed by atoms with Crippen LogP contribution in [0.25, 0.3) is 0 Å². The molecule has 18 heavy (non-hydrogen) atoms. The maximum absolute atomic E-state index is 6.04. The smallest absolute Gasteiger partial charge is 0.107 e. The molecule has 0 spiro atoms. The van der Waals surface area contributed by atoms with E-state index in [0.29, 0.717) is 13.2 Å². The summed E-state index contributed by atoms with van der Waals surface area (Å²) in [7, 11) is 5.94. The van der Waals surface area contributed by atoms with Gasteiger partial charge in [0.05, 0.1) is 31.8 Å². The van der Waals surface area contributed by atoms with Crippen LogP contribution in [-0.2, 0) is 14.2 Å². The average Bonchev–Trinajstić information content (AvgIpc) is 2.12. The van der Waals surface area contributed by atoms with Crippen LogP contribution < -0.4 is 0 Å². The highest BCUT2D eigenvalue weighted by Crippen LogP contribution is 2.28. The molecule has 1 fully saturated rings. The van der Waals surface area contributed by atoms with Crippen molar-refractivity contribution in [2.24, 2.45) is 0 Å². The van der Waals surface area contributed by atoms with E-state index in [1.54, 1.807) is 0 Å². The Hall–Kier alpha value is -0.0551. The van der Waals surface area contributed by atoms with Gasteiger partial charge >= 0.3 is 0 Å². The van der Waals surface area contributed by atoms with E-state index < -0.39 is 0 Å². The summed E-state index contributed by atoms with van der Waals surface area (Å²) in [6.07, 6.45) is 0.814. The highest BCUT2D eigenvalue weighted by molar-refractivity contribution is 6.11. The molecule has 1 saturated heterocycles.